The zero-order chi connectivity index (χ0) is 14.8. The van der Waals surface area contributed by atoms with Gasteiger partial charge in [0.15, 0.2) is 0 Å². The molecule has 0 aliphatic heterocycles. The lowest BCUT2D eigenvalue weighted by molar-refractivity contribution is -0.127. The molecule has 108 valence electrons. The summed E-state index contributed by atoms with van der Waals surface area (Å²) in [5.74, 6) is 0.742. The van der Waals surface area contributed by atoms with Gasteiger partial charge in [-0.05, 0) is 53.3 Å². The van der Waals surface area contributed by atoms with Crippen LogP contribution in [0.25, 0.3) is 10.8 Å². The molecule has 2 heteroatoms. The maximum Gasteiger partial charge on any atom is 0.139 e. The number of hydrogen-bond donors (Lipinski definition) is 1. The molecule has 0 saturated heterocycles. The van der Waals surface area contributed by atoms with E-state index in [0.29, 0.717) is 18.0 Å². The van der Waals surface area contributed by atoms with Crippen molar-refractivity contribution in [2.75, 3.05) is 0 Å². The van der Waals surface area contributed by atoms with E-state index < -0.39 is 0 Å². The number of Topliss-reactive ketones (excluding diaryl/α,β-unsaturated/α-hetero) is 1. The SMILES string of the molecule is C[C@]12CCc3c(ccc4cc(O)ccc34)[C@@]1(C)CCC2=O. The fraction of sp³-hybridized carbons (Fsp3) is 0.421. The molecule has 0 bridgehead atoms. The Labute approximate surface area is 124 Å². The van der Waals surface area contributed by atoms with Gasteiger partial charge >= 0.3 is 0 Å². The predicted octanol–water partition coefficient (Wildman–Crippen LogP) is 4.12. The highest BCUT2D eigenvalue weighted by Crippen LogP contribution is 2.58. The van der Waals surface area contributed by atoms with Crippen molar-refractivity contribution in [3.8, 4) is 5.75 Å². The summed E-state index contributed by atoms with van der Waals surface area (Å²) in [6.45, 7) is 4.43. The molecule has 0 spiro atoms. The Morgan fingerprint density at radius 1 is 1.00 bits per heavy atom. The fourth-order valence-corrected chi connectivity index (χ4v) is 4.61. The van der Waals surface area contributed by atoms with Crippen molar-refractivity contribution < 1.29 is 9.90 Å². The molecule has 2 aromatic carbocycles. The highest BCUT2D eigenvalue weighted by molar-refractivity contribution is 5.93. The normalized spacial score (nSPS) is 31.2. The van der Waals surface area contributed by atoms with Crippen LogP contribution in [-0.2, 0) is 16.6 Å². The highest BCUT2D eigenvalue weighted by atomic mass is 16.3. The summed E-state index contributed by atoms with van der Waals surface area (Å²) in [5, 5.41) is 12.0. The summed E-state index contributed by atoms with van der Waals surface area (Å²) < 4.78 is 0. The molecular weight excluding hydrogens is 260 g/mol. The van der Waals surface area contributed by atoms with E-state index in [-0.39, 0.29) is 10.8 Å². The second-order valence-corrected chi connectivity index (χ2v) is 7.08. The van der Waals surface area contributed by atoms with Crippen LogP contribution in [0.15, 0.2) is 30.3 Å². The molecule has 2 aliphatic rings. The van der Waals surface area contributed by atoms with Crippen LogP contribution in [-0.4, -0.2) is 10.9 Å². The molecule has 2 aromatic rings. The molecule has 0 heterocycles. The summed E-state index contributed by atoms with van der Waals surface area (Å²) in [5.41, 5.74) is 2.48. The molecule has 2 atom stereocenters. The minimum absolute atomic E-state index is 0.0380. The van der Waals surface area contributed by atoms with E-state index in [0.717, 1.165) is 24.6 Å². The molecule has 2 nitrogen and oxygen atoms in total. The van der Waals surface area contributed by atoms with Gasteiger partial charge in [-0.15, -0.1) is 0 Å². The summed E-state index contributed by atoms with van der Waals surface area (Å²) in [4.78, 5) is 12.4. The van der Waals surface area contributed by atoms with Crippen LogP contribution in [0.5, 0.6) is 5.75 Å². The van der Waals surface area contributed by atoms with Crippen LogP contribution < -0.4 is 0 Å². The first kappa shape index (κ1) is 12.9. The quantitative estimate of drug-likeness (QED) is 0.788. The van der Waals surface area contributed by atoms with Crippen molar-refractivity contribution in [2.45, 2.75) is 44.9 Å². The first-order chi connectivity index (χ1) is 9.96. The Morgan fingerprint density at radius 2 is 1.76 bits per heavy atom. The number of ketones is 1. The van der Waals surface area contributed by atoms with Crippen molar-refractivity contribution in [2.24, 2.45) is 5.41 Å². The van der Waals surface area contributed by atoms with Crippen LogP contribution in [0.1, 0.15) is 44.2 Å². The van der Waals surface area contributed by atoms with Gasteiger partial charge in [0.2, 0.25) is 0 Å². The molecule has 21 heavy (non-hydrogen) atoms. The number of rotatable bonds is 0. The molecule has 1 N–H and O–H groups in total. The summed E-state index contributed by atoms with van der Waals surface area (Å²) in [7, 11) is 0. The van der Waals surface area contributed by atoms with Crippen molar-refractivity contribution in [3.63, 3.8) is 0 Å². The van der Waals surface area contributed by atoms with Gasteiger partial charge in [0, 0.05) is 17.3 Å². The predicted molar refractivity (Wildman–Crippen MR) is 83.6 cm³/mol. The van der Waals surface area contributed by atoms with E-state index in [4.69, 9.17) is 0 Å². The minimum atomic E-state index is -0.204. The average molecular weight is 280 g/mol. The molecule has 0 unspecified atom stereocenters. The molecule has 4 rings (SSSR count). The van der Waals surface area contributed by atoms with Gasteiger partial charge in [0.1, 0.15) is 11.5 Å². The Balaban J connectivity index is 2.01. The van der Waals surface area contributed by atoms with E-state index in [1.807, 2.05) is 12.1 Å². The van der Waals surface area contributed by atoms with Gasteiger partial charge in [0.25, 0.3) is 0 Å². The van der Waals surface area contributed by atoms with E-state index in [1.165, 1.54) is 16.5 Å². The number of benzene rings is 2. The van der Waals surface area contributed by atoms with Crippen LogP contribution in [0, 0.1) is 5.41 Å². The lowest BCUT2D eigenvalue weighted by Gasteiger charge is -2.45. The molecular formula is C19H20O2. The van der Waals surface area contributed by atoms with E-state index in [9.17, 15) is 9.90 Å². The van der Waals surface area contributed by atoms with Crippen LogP contribution in [0.3, 0.4) is 0 Å². The standard InChI is InChI=1S/C19H20O2/c1-18-10-8-17(21)19(18,2)9-7-15-14-5-4-13(20)11-12(14)3-6-16(15)18/h3-6,11,20H,7-10H2,1-2H3/t18-,19-/m1/s1. The topological polar surface area (TPSA) is 37.3 Å². The summed E-state index contributed by atoms with van der Waals surface area (Å²) in [6, 6.07) is 9.89. The van der Waals surface area contributed by atoms with Gasteiger partial charge in [0.05, 0.1) is 0 Å². The van der Waals surface area contributed by atoms with Crippen molar-refractivity contribution in [1.82, 2.24) is 0 Å². The number of hydrogen-bond acceptors (Lipinski definition) is 2. The fourth-order valence-electron chi connectivity index (χ4n) is 4.61. The van der Waals surface area contributed by atoms with Gasteiger partial charge < -0.3 is 5.11 Å². The molecule has 0 amide bonds. The monoisotopic (exact) mass is 280 g/mol. The van der Waals surface area contributed by atoms with Gasteiger partial charge in [-0.1, -0.05) is 32.0 Å². The summed E-state index contributed by atoms with van der Waals surface area (Å²) in [6.07, 6.45) is 3.56. The molecule has 0 radical (unpaired) electrons. The van der Waals surface area contributed by atoms with Crippen LogP contribution in [0.2, 0.25) is 0 Å². The van der Waals surface area contributed by atoms with Crippen molar-refractivity contribution in [1.29, 1.82) is 0 Å². The third-order valence-electron chi connectivity index (χ3n) is 6.27. The minimum Gasteiger partial charge on any atom is -0.508 e. The molecule has 0 aromatic heterocycles. The number of aryl methyl sites for hydroxylation is 1. The van der Waals surface area contributed by atoms with Crippen LogP contribution in [0.4, 0.5) is 0 Å². The third-order valence-corrected chi connectivity index (χ3v) is 6.27. The zero-order valence-electron chi connectivity index (χ0n) is 12.6. The average Bonchev–Trinajstić information content (AvgIpc) is 2.71. The smallest absolute Gasteiger partial charge is 0.139 e. The first-order valence-electron chi connectivity index (χ1n) is 7.74. The zero-order valence-corrected chi connectivity index (χ0v) is 12.6. The lowest BCUT2D eigenvalue weighted by Crippen LogP contribution is -2.44. The van der Waals surface area contributed by atoms with Gasteiger partial charge in [-0.3, -0.25) is 4.79 Å². The second kappa shape index (κ2) is 3.88. The Bertz CT molecular complexity index is 776. The van der Waals surface area contributed by atoms with Crippen molar-refractivity contribution in [3.05, 3.63) is 41.5 Å². The highest BCUT2D eigenvalue weighted by Gasteiger charge is 2.57. The number of phenolic OH excluding ortho intramolecular Hbond substituents is 1. The number of carbonyl (C=O) groups is 1. The number of aromatic hydroxyl groups is 1. The Hall–Kier alpha value is -1.83. The number of phenols is 1. The lowest BCUT2D eigenvalue weighted by atomic mass is 9.57. The first-order valence-corrected chi connectivity index (χ1v) is 7.74. The maximum atomic E-state index is 12.4. The van der Waals surface area contributed by atoms with E-state index in [2.05, 4.69) is 26.0 Å². The van der Waals surface area contributed by atoms with E-state index in [1.54, 1.807) is 6.07 Å². The van der Waals surface area contributed by atoms with Gasteiger partial charge in [-0.2, -0.15) is 0 Å². The van der Waals surface area contributed by atoms with E-state index >= 15 is 0 Å². The number of carbonyl (C=O) groups excluding carboxylic acids is 1. The van der Waals surface area contributed by atoms with Crippen molar-refractivity contribution >= 4 is 16.6 Å². The molecule has 2 aliphatic carbocycles. The third kappa shape index (κ3) is 1.45. The largest absolute Gasteiger partial charge is 0.508 e. The summed E-state index contributed by atoms with van der Waals surface area (Å²) >= 11 is 0. The van der Waals surface area contributed by atoms with Crippen LogP contribution >= 0.6 is 0 Å². The Morgan fingerprint density at radius 3 is 2.57 bits per heavy atom. The maximum absolute atomic E-state index is 12.4. The number of fused-ring (bicyclic) bond motifs is 5. The Kier molecular flexibility index (Phi) is 2.38. The second-order valence-electron chi connectivity index (χ2n) is 7.08. The molecule has 1 saturated carbocycles. The molecule has 1 fully saturated rings. The van der Waals surface area contributed by atoms with Gasteiger partial charge in [-0.25, -0.2) is 0 Å².